The molecule has 0 radical (unpaired) electrons. The summed E-state index contributed by atoms with van der Waals surface area (Å²) in [6.07, 6.45) is 1.83. The molecule has 0 fully saturated rings. The molecule has 0 aliphatic carbocycles. The van der Waals surface area contributed by atoms with E-state index >= 15 is 0 Å². The number of anilines is 2. The molecule has 0 saturated carbocycles. The van der Waals surface area contributed by atoms with Crippen LogP contribution in [0.1, 0.15) is 21.5 Å². The molecule has 5 rings (SSSR count). The molecule has 188 valence electrons. The molecular formula is C32H28N4O2. The molecule has 5 aromatic rings. The Hall–Kier alpha value is -4.97. The second-order valence-corrected chi connectivity index (χ2v) is 9.25. The van der Waals surface area contributed by atoms with Crippen molar-refractivity contribution in [3.8, 4) is 22.5 Å². The number of aromatic carboxylic acids is 1. The van der Waals surface area contributed by atoms with E-state index in [1.165, 1.54) is 0 Å². The van der Waals surface area contributed by atoms with Gasteiger partial charge in [0.2, 0.25) is 0 Å². The maximum absolute atomic E-state index is 11.2. The van der Waals surface area contributed by atoms with E-state index in [1.807, 2.05) is 62.6 Å². The van der Waals surface area contributed by atoms with Gasteiger partial charge in [-0.15, -0.1) is 0 Å². The first-order valence-corrected chi connectivity index (χ1v) is 12.3. The number of carbonyl (C=O) groups is 1. The summed E-state index contributed by atoms with van der Waals surface area (Å²) >= 11 is 0. The van der Waals surface area contributed by atoms with Crippen molar-refractivity contribution in [2.45, 2.75) is 6.54 Å². The van der Waals surface area contributed by atoms with Crippen LogP contribution in [-0.2, 0) is 6.54 Å². The molecule has 4 aromatic carbocycles. The number of carboxylic acids is 1. The monoisotopic (exact) mass is 500 g/mol. The molecule has 6 heteroatoms. The summed E-state index contributed by atoms with van der Waals surface area (Å²) in [5, 5.41) is 13.5. The largest absolute Gasteiger partial charge is 0.478 e. The van der Waals surface area contributed by atoms with Gasteiger partial charge in [-0.1, -0.05) is 55.1 Å². The van der Waals surface area contributed by atoms with E-state index in [-0.39, 0.29) is 5.56 Å². The molecule has 0 unspecified atom stereocenters. The van der Waals surface area contributed by atoms with E-state index in [9.17, 15) is 9.90 Å². The number of aromatic nitrogens is 2. The summed E-state index contributed by atoms with van der Waals surface area (Å²) in [5.41, 5.74) is 7.31. The molecule has 0 amide bonds. The van der Waals surface area contributed by atoms with Gasteiger partial charge < -0.3 is 15.3 Å². The Balaban J connectivity index is 1.55. The molecule has 1 heterocycles. The van der Waals surface area contributed by atoms with Gasteiger partial charge in [0.05, 0.1) is 11.1 Å². The molecule has 0 aliphatic heterocycles. The van der Waals surface area contributed by atoms with Gasteiger partial charge in [-0.25, -0.2) is 14.8 Å². The van der Waals surface area contributed by atoms with Crippen molar-refractivity contribution in [3.63, 3.8) is 0 Å². The summed E-state index contributed by atoms with van der Waals surface area (Å²) in [6, 6.07) is 29.5. The number of benzene rings is 4. The van der Waals surface area contributed by atoms with Gasteiger partial charge in [-0.05, 0) is 70.8 Å². The maximum atomic E-state index is 11.2. The van der Waals surface area contributed by atoms with E-state index in [1.54, 1.807) is 12.1 Å². The van der Waals surface area contributed by atoms with Crippen molar-refractivity contribution in [3.05, 3.63) is 114 Å². The zero-order chi connectivity index (χ0) is 26.6. The minimum atomic E-state index is -0.939. The van der Waals surface area contributed by atoms with Crippen LogP contribution in [0.4, 0.5) is 11.5 Å². The summed E-state index contributed by atoms with van der Waals surface area (Å²) in [5.74, 6) is 0.411. The van der Waals surface area contributed by atoms with Crippen molar-refractivity contribution in [2.75, 3.05) is 24.3 Å². The predicted molar refractivity (Wildman–Crippen MR) is 156 cm³/mol. The molecule has 1 aromatic heterocycles. The minimum Gasteiger partial charge on any atom is -0.478 e. The Morgan fingerprint density at radius 3 is 2.16 bits per heavy atom. The predicted octanol–water partition coefficient (Wildman–Crippen LogP) is 6.98. The number of nitrogens with zero attached hydrogens (tertiary/aromatic N) is 3. The first-order chi connectivity index (χ1) is 18.4. The highest BCUT2D eigenvalue weighted by molar-refractivity contribution is 5.93. The zero-order valence-corrected chi connectivity index (χ0v) is 21.3. The SMILES string of the molecule is C=Cc1ccc(-c2ccc3c(NCc4ccc(C(=O)O)cc4)nc(-c4ccc(N(C)C)cc4)nc3c2)cc1. The summed E-state index contributed by atoms with van der Waals surface area (Å²) in [4.78, 5) is 23.1. The molecule has 0 aliphatic rings. The Labute approximate surface area is 221 Å². The van der Waals surface area contributed by atoms with Gasteiger partial charge in [0.1, 0.15) is 5.82 Å². The normalized spacial score (nSPS) is 10.8. The summed E-state index contributed by atoms with van der Waals surface area (Å²) < 4.78 is 0. The molecule has 38 heavy (non-hydrogen) atoms. The number of carboxylic acid groups (broad SMARTS) is 1. The molecule has 0 saturated heterocycles. The number of rotatable bonds is 8. The average Bonchev–Trinajstić information content (AvgIpc) is 2.95. The smallest absolute Gasteiger partial charge is 0.335 e. The second-order valence-electron chi connectivity index (χ2n) is 9.25. The fourth-order valence-electron chi connectivity index (χ4n) is 4.24. The van der Waals surface area contributed by atoms with Crippen LogP contribution in [0, 0.1) is 0 Å². The van der Waals surface area contributed by atoms with Crippen molar-refractivity contribution in [1.82, 2.24) is 9.97 Å². The van der Waals surface area contributed by atoms with E-state index in [2.05, 4.69) is 53.2 Å². The summed E-state index contributed by atoms with van der Waals surface area (Å²) in [7, 11) is 4.02. The van der Waals surface area contributed by atoms with E-state index < -0.39 is 5.97 Å². The third kappa shape index (κ3) is 5.25. The Kier molecular flexibility index (Phi) is 6.87. The maximum Gasteiger partial charge on any atom is 0.335 e. The first kappa shape index (κ1) is 24.7. The third-order valence-corrected chi connectivity index (χ3v) is 6.48. The van der Waals surface area contributed by atoms with Crippen LogP contribution in [0.15, 0.2) is 97.6 Å². The number of fused-ring (bicyclic) bond motifs is 1. The standard InChI is InChI=1S/C32H28N4O2/c1-4-21-5-9-23(10-6-21)26-15-18-28-29(19-26)34-30(24-13-16-27(17-14-24)36(2)3)35-31(28)33-20-22-7-11-25(12-8-22)32(37)38/h4-19H,1,20H2,2-3H3,(H,37,38)(H,33,34,35). The highest BCUT2D eigenvalue weighted by Gasteiger charge is 2.12. The van der Waals surface area contributed by atoms with Gasteiger partial charge in [-0.2, -0.15) is 0 Å². The molecular weight excluding hydrogens is 472 g/mol. The third-order valence-electron chi connectivity index (χ3n) is 6.48. The lowest BCUT2D eigenvalue weighted by Gasteiger charge is -2.14. The van der Waals surface area contributed by atoms with Crippen LogP contribution in [0.3, 0.4) is 0 Å². The summed E-state index contributed by atoms with van der Waals surface area (Å²) in [6.45, 7) is 4.33. The average molecular weight is 501 g/mol. The lowest BCUT2D eigenvalue weighted by molar-refractivity contribution is 0.0697. The fourth-order valence-corrected chi connectivity index (χ4v) is 4.24. The van der Waals surface area contributed by atoms with Crippen molar-refractivity contribution >= 4 is 34.5 Å². The Morgan fingerprint density at radius 1 is 0.868 bits per heavy atom. The lowest BCUT2D eigenvalue weighted by atomic mass is 10.0. The minimum absolute atomic E-state index is 0.262. The highest BCUT2D eigenvalue weighted by Crippen LogP contribution is 2.30. The van der Waals surface area contributed by atoms with Crippen LogP contribution >= 0.6 is 0 Å². The van der Waals surface area contributed by atoms with Gasteiger partial charge in [0.25, 0.3) is 0 Å². The second kappa shape index (κ2) is 10.6. The van der Waals surface area contributed by atoms with Crippen molar-refractivity contribution in [1.29, 1.82) is 0 Å². The Morgan fingerprint density at radius 2 is 1.53 bits per heavy atom. The molecule has 6 nitrogen and oxygen atoms in total. The fraction of sp³-hybridized carbons (Fsp3) is 0.0938. The molecule has 0 atom stereocenters. The number of nitrogens with one attached hydrogen (secondary N) is 1. The van der Waals surface area contributed by atoms with Crippen LogP contribution < -0.4 is 10.2 Å². The van der Waals surface area contributed by atoms with Gasteiger partial charge in [0, 0.05) is 37.3 Å². The van der Waals surface area contributed by atoms with Gasteiger partial charge in [-0.3, -0.25) is 0 Å². The quantitative estimate of drug-likeness (QED) is 0.239. The van der Waals surface area contributed by atoms with Crippen LogP contribution in [0.5, 0.6) is 0 Å². The van der Waals surface area contributed by atoms with E-state index in [0.29, 0.717) is 12.4 Å². The number of hydrogen-bond donors (Lipinski definition) is 2. The number of hydrogen-bond acceptors (Lipinski definition) is 5. The lowest BCUT2D eigenvalue weighted by Crippen LogP contribution is -2.08. The first-order valence-electron chi connectivity index (χ1n) is 12.3. The topological polar surface area (TPSA) is 78.3 Å². The molecule has 2 N–H and O–H groups in total. The van der Waals surface area contributed by atoms with Crippen molar-refractivity contribution < 1.29 is 9.90 Å². The molecule has 0 spiro atoms. The van der Waals surface area contributed by atoms with Crippen LogP contribution in [0.25, 0.3) is 39.5 Å². The van der Waals surface area contributed by atoms with Crippen LogP contribution in [-0.4, -0.2) is 35.1 Å². The van der Waals surface area contributed by atoms with Gasteiger partial charge in [0.15, 0.2) is 5.82 Å². The van der Waals surface area contributed by atoms with E-state index in [4.69, 9.17) is 9.97 Å². The Bertz CT molecular complexity index is 1610. The van der Waals surface area contributed by atoms with Crippen LogP contribution in [0.2, 0.25) is 0 Å². The highest BCUT2D eigenvalue weighted by atomic mass is 16.4. The molecule has 0 bridgehead atoms. The van der Waals surface area contributed by atoms with Gasteiger partial charge >= 0.3 is 5.97 Å². The van der Waals surface area contributed by atoms with E-state index in [0.717, 1.165) is 50.2 Å². The van der Waals surface area contributed by atoms with Crippen molar-refractivity contribution in [2.24, 2.45) is 0 Å². The zero-order valence-electron chi connectivity index (χ0n) is 21.3.